The molecule has 0 saturated carbocycles. The van der Waals surface area contributed by atoms with E-state index >= 15 is 0 Å². The largest absolute Gasteiger partial charge is 0.361 e. The molecule has 17 heavy (non-hydrogen) atoms. The second-order valence-corrected chi connectivity index (χ2v) is 4.34. The molecule has 4 nitrogen and oxygen atoms in total. The van der Waals surface area contributed by atoms with Crippen LogP contribution in [0.15, 0.2) is 10.6 Å². The first-order valence-electron chi connectivity index (χ1n) is 5.58. The molecule has 0 aliphatic heterocycles. The van der Waals surface area contributed by atoms with Crippen molar-refractivity contribution in [1.29, 1.82) is 0 Å². The van der Waals surface area contributed by atoms with E-state index in [9.17, 15) is 0 Å². The summed E-state index contributed by atoms with van der Waals surface area (Å²) >= 11 is 6.01. The lowest BCUT2D eigenvalue weighted by Crippen LogP contribution is -1.97. The van der Waals surface area contributed by atoms with E-state index in [0.717, 1.165) is 29.8 Å². The van der Waals surface area contributed by atoms with Crippen LogP contribution in [0.2, 0.25) is 5.15 Å². The third-order valence-corrected chi connectivity index (χ3v) is 2.70. The van der Waals surface area contributed by atoms with Gasteiger partial charge in [-0.1, -0.05) is 30.1 Å². The van der Waals surface area contributed by atoms with Crippen molar-refractivity contribution < 1.29 is 4.52 Å². The van der Waals surface area contributed by atoms with Gasteiger partial charge in [-0.2, -0.15) is 0 Å². The van der Waals surface area contributed by atoms with Crippen LogP contribution >= 0.6 is 11.6 Å². The highest BCUT2D eigenvalue weighted by Gasteiger charge is 2.15. The van der Waals surface area contributed by atoms with E-state index < -0.39 is 0 Å². The Balaban J connectivity index is 2.52. The maximum atomic E-state index is 6.01. The summed E-state index contributed by atoms with van der Waals surface area (Å²) in [6.45, 7) is 5.82. The molecule has 0 aliphatic carbocycles. The van der Waals surface area contributed by atoms with Gasteiger partial charge in [0.05, 0.1) is 11.3 Å². The number of rotatable bonds is 3. The fraction of sp³-hybridized carbons (Fsp3) is 0.417. The molecule has 2 heterocycles. The molecule has 0 saturated heterocycles. The second-order valence-electron chi connectivity index (χ2n) is 3.95. The van der Waals surface area contributed by atoms with Gasteiger partial charge in [-0.3, -0.25) is 0 Å². The van der Waals surface area contributed by atoms with E-state index in [-0.39, 0.29) is 0 Å². The smallest absolute Gasteiger partial charge is 0.166 e. The summed E-state index contributed by atoms with van der Waals surface area (Å²) in [5, 5.41) is 4.36. The summed E-state index contributed by atoms with van der Waals surface area (Å²) in [6, 6.07) is 1.80. The van der Waals surface area contributed by atoms with Crippen LogP contribution in [0.3, 0.4) is 0 Å². The van der Waals surface area contributed by atoms with Crippen molar-refractivity contribution in [1.82, 2.24) is 15.1 Å². The van der Waals surface area contributed by atoms with Crippen LogP contribution in [0.4, 0.5) is 0 Å². The standard InChI is InChI=1S/C12H14ClN3O/c1-4-5-9-6-10(13)15-12(14-9)11-7(2)16-17-8(11)3/h6H,4-5H2,1-3H3. The number of aromatic nitrogens is 3. The summed E-state index contributed by atoms with van der Waals surface area (Å²) in [5.41, 5.74) is 2.57. The Kier molecular flexibility index (Phi) is 3.43. The SMILES string of the molecule is CCCc1cc(Cl)nc(-c2c(C)noc2C)n1. The first-order valence-corrected chi connectivity index (χ1v) is 5.96. The van der Waals surface area contributed by atoms with Gasteiger partial charge in [-0.25, -0.2) is 9.97 Å². The van der Waals surface area contributed by atoms with E-state index in [1.54, 1.807) is 6.07 Å². The van der Waals surface area contributed by atoms with Crippen LogP contribution in [0.5, 0.6) is 0 Å². The summed E-state index contributed by atoms with van der Waals surface area (Å²) in [5.74, 6) is 1.31. The Labute approximate surface area is 105 Å². The number of hydrogen-bond acceptors (Lipinski definition) is 4. The third-order valence-electron chi connectivity index (χ3n) is 2.51. The molecule has 0 N–H and O–H groups in total. The summed E-state index contributed by atoms with van der Waals surface area (Å²) in [6.07, 6.45) is 1.91. The lowest BCUT2D eigenvalue weighted by Gasteiger charge is -2.03. The van der Waals surface area contributed by atoms with Gasteiger partial charge in [-0.15, -0.1) is 0 Å². The van der Waals surface area contributed by atoms with Gasteiger partial charge in [0.25, 0.3) is 0 Å². The molecule has 0 unspecified atom stereocenters. The van der Waals surface area contributed by atoms with E-state index in [1.807, 2.05) is 13.8 Å². The quantitative estimate of drug-likeness (QED) is 0.785. The predicted molar refractivity (Wildman–Crippen MR) is 66.0 cm³/mol. The zero-order valence-corrected chi connectivity index (χ0v) is 10.9. The van der Waals surface area contributed by atoms with Crippen LogP contribution in [0.25, 0.3) is 11.4 Å². The second kappa shape index (κ2) is 4.84. The number of hydrogen-bond donors (Lipinski definition) is 0. The highest BCUT2D eigenvalue weighted by Crippen LogP contribution is 2.25. The summed E-state index contributed by atoms with van der Waals surface area (Å²) in [4.78, 5) is 8.73. The van der Waals surface area contributed by atoms with Crippen molar-refractivity contribution in [2.45, 2.75) is 33.6 Å². The van der Waals surface area contributed by atoms with E-state index in [0.29, 0.717) is 16.7 Å². The van der Waals surface area contributed by atoms with Crippen LogP contribution < -0.4 is 0 Å². The molecule has 0 radical (unpaired) electrons. The van der Waals surface area contributed by atoms with Gasteiger partial charge in [0.15, 0.2) is 5.82 Å². The third kappa shape index (κ3) is 2.47. The van der Waals surface area contributed by atoms with Crippen molar-refractivity contribution in [3.05, 3.63) is 28.4 Å². The maximum absolute atomic E-state index is 6.01. The molecule has 2 aromatic rings. The predicted octanol–water partition coefficient (Wildman–Crippen LogP) is 3.35. The van der Waals surface area contributed by atoms with Crippen molar-refractivity contribution in [2.75, 3.05) is 0 Å². The minimum atomic E-state index is 0.457. The molecule has 2 aromatic heterocycles. The average molecular weight is 252 g/mol. The number of halogens is 1. The fourth-order valence-electron chi connectivity index (χ4n) is 1.76. The zero-order chi connectivity index (χ0) is 12.4. The van der Waals surface area contributed by atoms with Crippen LogP contribution in [0, 0.1) is 13.8 Å². The monoisotopic (exact) mass is 251 g/mol. The molecular formula is C12H14ClN3O. The van der Waals surface area contributed by atoms with Gasteiger partial charge in [0.1, 0.15) is 10.9 Å². The maximum Gasteiger partial charge on any atom is 0.166 e. The van der Waals surface area contributed by atoms with Crippen molar-refractivity contribution >= 4 is 11.6 Å². The van der Waals surface area contributed by atoms with Crippen molar-refractivity contribution in [2.24, 2.45) is 0 Å². The molecule has 0 aliphatic rings. The average Bonchev–Trinajstić information content (AvgIpc) is 2.58. The van der Waals surface area contributed by atoms with Crippen LogP contribution in [-0.2, 0) is 6.42 Å². The first kappa shape index (κ1) is 12.0. The number of aryl methyl sites for hydroxylation is 3. The molecule has 0 bridgehead atoms. The van der Waals surface area contributed by atoms with E-state index in [1.165, 1.54) is 0 Å². The first-order chi connectivity index (χ1) is 8.11. The molecule has 5 heteroatoms. The molecule has 0 spiro atoms. The minimum absolute atomic E-state index is 0.457. The lowest BCUT2D eigenvalue weighted by molar-refractivity contribution is 0.393. The van der Waals surface area contributed by atoms with Crippen molar-refractivity contribution in [3.8, 4) is 11.4 Å². The normalized spacial score (nSPS) is 10.8. The van der Waals surface area contributed by atoms with Crippen LogP contribution in [0.1, 0.15) is 30.5 Å². The molecule has 90 valence electrons. The topological polar surface area (TPSA) is 51.8 Å². The molecule has 0 amide bonds. The molecule has 0 aromatic carbocycles. The summed E-state index contributed by atoms with van der Waals surface area (Å²) in [7, 11) is 0. The van der Waals surface area contributed by atoms with E-state index in [2.05, 4.69) is 22.0 Å². The Bertz CT molecular complexity index is 517. The Morgan fingerprint density at radius 3 is 2.65 bits per heavy atom. The van der Waals surface area contributed by atoms with Gasteiger partial charge in [0, 0.05) is 5.69 Å². The van der Waals surface area contributed by atoms with Gasteiger partial charge >= 0.3 is 0 Å². The minimum Gasteiger partial charge on any atom is -0.361 e. The van der Waals surface area contributed by atoms with Crippen molar-refractivity contribution in [3.63, 3.8) is 0 Å². The highest BCUT2D eigenvalue weighted by molar-refractivity contribution is 6.29. The Morgan fingerprint density at radius 2 is 2.06 bits per heavy atom. The van der Waals surface area contributed by atoms with Gasteiger partial charge < -0.3 is 4.52 Å². The molecule has 2 rings (SSSR count). The zero-order valence-electron chi connectivity index (χ0n) is 10.1. The van der Waals surface area contributed by atoms with Gasteiger partial charge in [-0.05, 0) is 26.3 Å². The van der Waals surface area contributed by atoms with Gasteiger partial charge in [0.2, 0.25) is 0 Å². The Morgan fingerprint density at radius 1 is 1.29 bits per heavy atom. The number of nitrogens with zero attached hydrogens (tertiary/aromatic N) is 3. The van der Waals surface area contributed by atoms with Crippen LogP contribution in [-0.4, -0.2) is 15.1 Å². The molecule has 0 fully saturated rings. The molecule has 0 atom stereocenters. The van der Waals surface area contributed by atoms with E-state index in [4.69, 9.17) is 16.1 Å². The Hall–Kier alpha value is -1.42. The molecular weight excluding hydrogens is 238 g/mol. The lowest BCUT2D eigenvalue weighted by atomic mass is 10.2. The highest BCUT2D eigenvalue weighted by atomic mass is 35.5. The fourth-order valence-corrected chi connectivity index (χ4v) is 1.97. The summed E-state index contributed by atoms with van der Waals surface area (Å²) < 4.78 is 5.12.